The van der Waals surface area contributed by atoms with Crippen molar-refractivity contribution in [1.82, 2.24) is 9.55 Å². The van der Waals surface area contributed by atoms with Crippen molar-refractivity contribution in [2.24, 2.45) is 0 Å². The Morgan fingerprint density at radius 3 is 2.86 bits per heavy atom. The van der Waals surface area contributed by atoms with Crippen LogP contribution in [0.25, 0.3) is 10.2 Å². The van der Waals surface area contributed by atoms with Crippen LogP contribution in [-0.2, 0) is 6.54 Å². The molecule has 28 heavy (non-hydrogen) atoms. The molecule has 0 amide bonds. The lowest BCUT2D eigenvalue weighted by molar-refractivity contribution is -0.384. The Labute approximate surface area is 168 Å². The molecule has 0 radical (unpaired) electrons. The number of nitro benzene ring substituents is 1. The maximum Gasteiger partial charge on any atom is 0.270 e. The average Bonchev–Trinajstić information content (AvgIpc) is 2.96. The van der Waals surface area contributed by atoms with Crippen LogP contribution in [0.15, 0.2) is 46.9 Å². The summed E-state index contributed by atoms with van der Waals surface area (Å²) in [6.45, 7) is 7.81. The quantitative estimate of drug-likeness (QED) is 0.144. The SMILES string of the molecule is C=CCn1c(SCC(=O)c2cccc([N+](=O)[O-])c2)nc2sc(C)c(C)c2c1=O. The summed E-state index contributed by atoms with van der Waals surface area (Å²) in [7, 11) is 0. The van der Waals surface area contributed by atoms with Crippen molar-refractivity contribution in [3.8, 4) is 0 Å². The lowest BCUT2D eigenvalue weighted by Crippen LogP contribution is -2.23. The van der Waals surface area contributed by atoms with E-state index >= 15 is 0 Å². The van der Waals surface area contributed by atoms with Crippen LogP contribution in [0.3, 0.4) is 0 Å². The number of thioether (sulfide) groups is 1. The number of aromatic nitrogens is 2. The summed E-state index contributed by atoms with van der Waals surface area (Å²) in [5.41, 5.74) is 0.878. The number of benzene rings is 1. The Kier molecular flexibility index (Phi) is 5.76. The summed E-state index contributed by atoms with van der Waals surface area (Å²) in [5, 5.41) is 11.9. The summed E-state index contributed by atoms with van der Waals surface area (Å²) in [5.74, 6) is -0.258. The fraction of sp³-hybridized carbons (Fsp3) is 0.211. The van der Waals surface area contributed by atoms with Gasteiger partial charge in [0.05, 0.1) is 16.1 Å². The van der Waals surface area contributed by atoms with Gasteiger partial charge in [0.15, 0.2) is 10.9 Å². The van der Waals surface area contributed by atoms with Crippen LogP contribution in [0.5, 0.6) is 0 Å². The third-order valence-corrected chi connectivity index (χ3v) is 6.35. The molecule has 2 aromatic heterocycles. The Morgan fingerprint density at radius 2 is 2.18 bits per heavy atom. The molecule has 2 heterocycles. The molecule has 0 saturated heterocycles. The van der Waals surface area contributed by atoms with E-state index in [1.54, 1.807) is 6.08 Å². The van der Waals surface area contributed by atoms with Crippen molar-refractivity contribution in [2.45, 2.75) is 25.5 Å². The molecule has 0 fully saturated rings. The number of thiophene rings is 1. The monoisotopic (exact) mass is 415 g/mol. The number of nitro groups is 1. The highest BCUT2D eigenvalue weighted by Gasteiger charge is 2.18. The largest absolute Gasteiger partial charge is 0.293 e. The first kappa shape index (κ1) is 20.0. The van der Waals surface area contributed by atoms with Gasteiger partial charge >= 0.3 is 0 Å². The zero-order valence-corrected chi connectivity index (χ0v) is 16.9. The van der Waals surface area contributed by atoms with Gasteiger partial charge in [-0.1, -0.05) is 30.0 Å². The molecule has 144 valence electrons. The Bertz CT molecular complexity index is 1160. The van der Waals surface area contributed by atoms with Crippen molar-refractivity contribution in [2.75, 3.05) is 5.75 Å². The number of aryl methyl sites for hydroxylation is 2. The molecule has 0 N–H and O–H groups in total. The number of Topliss-reactive ketones (excluding diaryl/α,β-unsaturated/α-hetero) is 1. The maximum atomic E-state index is 12.9. The number of non-ortho nitro benzene ring substituents is 1. The number of rotatable bonds is 7. The summed E-state index contributed by atoms with van der Waals surface area (Å²) < 4.78 is 1.50. The van der Waals surface area contributed by atoms with Gasteiger partial charge in [-0.25, -0.2) is 4.98 Å². The van der Waals surface area contributed by atoms with E-state index in [1.807, 2.05) is 13.8 Å². The van der Waals surface area contributed by atoms with Crippen LogP contribution in [0.4, 0.5) is 5.69 Å². The van der Waals surface area contributed by atoms with Crippen molar-refractivity contribution < 1.29 is 9.72 Å². The molecule has 0 aliphatic rings. The fourth-order valence-corrected chi connectivity index (χ4v) is 4.69. The second-order valence-electron chi connectivity index (χ2n) is 6.08. The van der Waals surface area contributed by atoms with Gasteiger partial charge in [-0.3, -0.25) is 24.3 Å². The highest BCUT2D eigenvalue weighted by molar-refractivity contribution is 7.99. The third kappa shape index (κ3) is 3.76. The number of carbonyl (C=O) groups is 1. The molecule has 0 spiro atoms. The number of carbonyl (C=O) groups excluding carboxylic acids is 1. The molecule has 0 aliphatic heterocycles. The Hall–Kier alpha value is -2.78. The molecule has 3 aromatic rings. The summed E-state index contributed by atoms with van der Waals surface area (Å²) in [6, 6.07) is 5.60. The van der Waals surface area contributed by atoms with Gasteiger partial charge in [-0.2, -0.15) is 0 Å². The van der Waals surface area contributed by atoms with E-state index in [2.05, 4.69) is 11.6 Å². The minimum Gasteiger partial charge on any atom is -0.293 e. The van der Waals surface area contributed by atoms with Gasteiger partial charge < -0.3 is 0 Å². The van der Waals surface area contributed by atoms with Gasteiger partial charge in [-0.05, 0) is 19.4 Å². The van der Waals surface area contributed by atoms with Crippen LogP contribution in [0.1, 0.15) is 20.8 Å². The van der Waals surface area contributed by atoms with Crippen LogP contribution < -0.4 is 5.56 Å². The number of hydrogen-bond donors (Lipinski definition) is 0. The van der Waals surface area contributed by atoms with Crippen LogP contribution in [-0.4, -0.2) is 26.0 Å². The summed E-state index contributed by atoms with van der Waals surface area (Å²) >= 11 is 2.59. The van der Waals surface area contributed by atoms with Gasteiger partial charge in [-0.15, -0.1) is 17.9 Å². The average molecular weight is 415 g/mol. The summed E-state index contributed by atoms with van der Waals surface area (Å²) in [4.78, 5) is 42.0. The van der Waals surface area contributed by atoms with Gasteiger partial charge in [0.2, 0.25) is 0 Å². The molecule has 0 unspecified atom stereocenters. The molecule has 1 aromatic carbocycles. The molecule has 0 saturated carbocycles. The number of ketones is 1. The second-order valence-corrected chi connectivity index (χ2v) is 8.23. The third-order valence-electron chi connectivity index (χ3n) is 4.28. The first-order valence-corrected chi connectivity index (χ1v) is 10.2. The van der Waals surface area contributed by atoms with Crippen molar-refractivity contribution in [3.63, 3.8) is 0 Å². The minimum absolute atomic E-state index is 0.0135. The van der Waals surface area contributed by atoms with E-state index in [0.29, 0.717) is 15.4 Å². The first-order valence-electron chi connectivity index (χ1n) is 8.35. The zero-order chi connectivity index (χ0) is 20.4. The van der Waals surface area contributed by atoms with E-state index in [9.17, 15) is 19.7 Å². The molecule has 0 bridgehead atoms. The minimum atomic E-state index is -0.539. The molecule has 9 heteroatoms. The molecule has 0 atom stereocenters. The lowest BCUT2D eigenvalue weighted by Gasteiger charge is -2.10. The van der Waals surface area contributed by atoms with E-state index < -0.39 is 4.92 Å². The summed E-state index contributed by atoms with van der Waals surface area (Å²) in [6.07, 6.45) is 1.61. The van der Waals surface area contributed by atoms with Gasteiger partial charge in [0.1, 0.15) is 4.83 Å². The van der Waals surface area contributed by atoms with Crippen LogP contribution >= 0.6 is 23.1 Å². The fourth-order valence-electron chi connectivity index (χ4n) is 2.72. The molecule has 0 aliphatic carbocycles. The van der Waals surface area contributed by atoms with Gasteiger partial charge in [0.25, 0.3) is 11.2 Å². The highest BCUT2D eigenvalue weighted by atomic mass is 32.2. The van der Waals surface area contributed by atoms with Crippen molar-refractivity contribution >= 4 is 44.8 Å². The zero-order valence-electron chi connectivity index (χ0n) is 15.3. The molecule has 7 nitrogen and oxygen atoms in total. The first-order chi connectivity index (χ1) is 13.3. The highest BCUT2D eigenvalue weighted by Crippen LogP contribution is 2.28. The van der Waals surface area contributed by atoms with Crippen LogP contribution in [0, 0.1) is 24.0 Å². The van der Waals surface area contributed by atoms with E-state index in [1.165, 1.54) is 40.2 Å². The van der Waals surface area contributed by atoms with E-state index in [-0.39, 0.29) is 34.9 Å². The number of allylic oxidation sites excluding steroid dienone is 1. The van der Waals surface area contributed by atoms with E-state index in [0.717, 1.165) is 22.2 Å². The predicted molar refractivity (Wildman–Crippen MR) is 112 cm³/mol. The Balaban J connectivity index is 1.93. The van der Waals surface area contributed by atoms with Gasteiger partial charge in [0, 0.05) is 29.1 Å². The number of fused-ring (bicyclic) bond motifs is 1. The van der Waals surface area contributed by atoms with Crippen molar-refractivity contribution in [1.29, 1.82) is 0 Å². The molecular weight excluding hydrogens is 398 g/mol. The second kappa shape index (κ2) is 8.07. The normalized spacial score (nSPS) is 10.9. The number of hydrogen-bond acceptors (Lipinski definition) is 7. The van der Waals surface area contributed by atoms with Crippen LogP contribution in [0.2, 0.25) is 0 Å². The van der Waals surface area contributed by atoms with Crippen molar-refractivity contribution in [3.05, 3.63) is 73.4 Å². The smallest absolute Gasteiger partial charge is 0.270 e. The standard InChI is InChI=1S/C19H17N3O4S2/c1-4-8-21-18(24)16-11(2)12(3)28-17(16)20-19(21)27-10-15(23)13-6-5-7-14(9-13)22(25)26/h4-7,9H,1,8,10H2,2-3H3. The topological polar surface area (TPSA) is 95.1 Å². The predicted octanol–water partition coefficient (Wildman–Crippen LogP) is 4.14. The molecule has 3 rings (SSSR count). The Morgan fingerprint density at radius 1 is 1.43 bits per heavy atom. The maximum absolute atomic E-state index is 12.9. The number of nitrogens with zero attached hydrogens (tertiary/aromatic N) is 3. The van der Waals surface area contributed by atoms with E-state index in [4.69, 9.17) is 0 Å². The molecular formula is C19H17N3O4S2. The lowest BCUT2D eigenvalue weighted by atomic mass is 10.1.